The molecule has 2 unspecified atom stereocenters. The number of hydrogen-bond acceptors (Lipinski definition) is 5. The van der Waals surface area contributed by atoms with Gasteiger partial charge in [-0.1, -0.05) is 6.92 Å². The van der Waals surface area contributed by atoms with Gasteiger partial charge in [-0.3, -0.25) is 4.90 Å². The van der Waals surface area contributed by atoms with Gasteiger partial charge >= 0.3 is 0 Å². The fourth-order valence-corrected chi connectivity index (χ4v) is 3.04. The Balaban J connectivity index is 1.92. The minimum Gasteiger partial charge on any atom is -0.389 e. The molecule has 5 heteroatoms. The van der Waals surface area contributed by atoms with Crippen molar-refractivity contribution in [1.29, 1.82) is 0 Å². The Morgan fingerprint density at radius 3 is 2.39 bits per heavy atom. The van der Waals surface area contributed by atoms with Crippen LogP contribution in [0.2, 0.25) is 0 Å². The van der Waals surface area contributed by atoms with E-state index in [9.17, 15) is 10.2 Å². The van der Waals surface area contributed by atoms with Gasteiger partial charge in [-0.15, -0.1) is 0 Å². The molecule has 0 amide bonds. The summed E-state index contributed by atoms with van der Waals surface area (Å²) in [6.45, 7) is 7.87. The van der Waals surface area contributed by atoms with Crippen LogP contribution >= 0.6 is 0 Å². The highest BCUT2D eigenvalue weighted by molar-refractivity contribution is 4.91. The number of aliphatic hydroxyl groups is 2. The van der Waals surface area contributed by atoms with Crippen molar-refractivity contribution in [1.82, 2.24) is 10.2 Å². The first kappa shape index (κ1) is 14.2. The van der Waals surface area contributed by atoms with E-state index in [1.807, 2.05) is 0 Å². The molecule has 2 heterocycles. The molecule has 0 spiro atoms. The van der Waals surface area contributed by atoms with Gasteiger partial charge in [-0.2, -0.15) is 0 Å². The van der Waals surface area contributed by atoms with Gasteiger partial charge in [-0.25, -0.2) is 0 Å². The number of nitrogens with zero attached hydrogens (tertiary/aromatic N) is 1. The third-order valence-electron chi connectivity index (χ3n) is 4.20. The van der Waals surface area contributed by atoms with Crippen molar-refractivity contribution in [2.75, 3.05) is 45.9 Å². The van der Waals surface area contributed by atoms with Crippen LogP contribution in [0.4, 0.5) is 0 Å². The summed E-state index contributed by atoms with van der Waals surface area (Å²) in [6, 6.07) is 0. The summed E-state index contributed by atoms with van der Waals surface area (Å²) in [4.78, 5) is 2.19. The molecule has 0 aliphatic carbocycles. The maximum Gasteiger partial charge on any atom is 0.0938 e. The third-order valence-corrected chi connectivity index (χ3v) is 4.20. The molecule has 3 N–H and O–H groups in total. The summed E-state index contributed by atoms with van der Waals surface area (Å²) < 4.78 is 5.47. The van der Waals surface area contributed by atoms with Crippen LogP contribution < -0.4 is 5.32 Å². The molecule has 5 nitrogen and oxygen atoms in total. The van der Waals surface area contributed by atoms with Crippen molar-refractivity contribution in [2.45, 2.75) is 32.0 Å². The van der Waals surface area contributed by atoms with Crippen molar-refractivity contribution < 1.29 is 14.9 Å². The molecule has 2 aliphatic rings. The van der Waals surface area contributed by atoms with Crippen LogP contribution in [0.3, 0.4) is 0 Å². The monoisotopic (exact) mass is 258 g/mol. The standard InChI is InChI=1S/C13H26N2O3/c1-2-14-9-13(3-5-18-6-4-13)10-15-7-11(16)12(17)8-15/h11-12,14,16-17H,2-10H2,1H3. The lowest BCUT2D eigenvalue weighted by Crippen LogP contribution is -2.47. The molecule has 18 heavy (non-hydrogen) atoms. The minimum atomic E-state index is -0.582. The lowest BCUT2D eigenvalue weighted by Gasteiger charge is -2.40. The second-order valence-corrected chi connectivity index (χ2v) is 5.72. The summed E-state index contributed by atoms with van der Waals surface area (Å²) in [5.74, 6) is 0. The summed E-state index contributed by atoms with van der Waals surface area (Å²) in [5.41, 5.74) is 0.234. The smallest absolute Gasteiger partial charge is 0.0938 e. The van der Waals surface area contributed by atoms with E-state index in [0.29, 0.717) is 13.1 Å². The minimum absolute atomic E-state index is 0.234. The predicted octanol–water partition coefficient (Wildman–Crippen LogP) is -0.570. The molecular formula is C13H26N2O3. The fraction of sp³-hybridized carbons (Fsp3) is 1.00. The zero-order valence-electron chi connectivity index (χ0n) is 11.3. The van der Waals surface area contributed by atoms with Gasteiger partial charge in [0.05, 0.1) is 12.2 Å². The topological polar surface area (TPSA) is 65.0 Å². The number of β-amino-alcohol motifs (C(OH)–C–C–N with tert-alkyl or cyclic N) is 2. The Bertz CT molecular complexity index is 247. The second-order valence-electron chi connectivity index (χ2n) is 5.72. The van der Waals surface area contributed by atoms with Crippen molar-refractivity contribution in [3.8, 4) is 0 Å². The highest BCUT2D eigenvalue weighted by Crippen LogP contribution is 2.32. The van der Waals surface area contributed by atoms with E-state index in [4.69, 9.17) is 4.74 Å². The average Bonchev–Trinajstić information content (AvgIpc) is 2.67. The van der Waals surface area contributed by atoms with Gasteiger partial charge in [0, 0.05) is 39.4 Å². The first-order valence-corrected chi connectivity index (χ1v) is 7.02. The van der Waals surface area contributed by atoms with Gasteiger partial charge in [0.2, 0.25) is 0 Å². The second kappa shape index (κ2) is 6.30. The van der Waals surface area contributed by atoms with Crippen LogP contribution in [0.5, 0.6) is 0 Å². The number of likely N-dealkylation sites (tertiary alicyclic amines) is 1. The Morgan fingerprint density at radius 1 is 1.22 bits per heavy atom. The van der Waals surface area contributed by atoms with E-state index in [1.165, 1.54) is 0 Å². The SMILES string of the molecule is CCNCC1(CN2CC(O)C(O)C2)CCOCC1. The van der Waals surface area contributed by atoms with Crippen LogP contribution in [0.15, 0.2) is 0 Å². The zero-order valence-corrected chi connectivity index (χ0v) is 11.3. The molecule has 2 fully saturated rings. The Kier molecular flexibility index (Phi) is 4.98. The molecule has 106 valence electrons. The van der Waals surface area contributed by atoms with Crippen LogP contribution in [-0.2, 0) is 4.74 Å². The molecule has 0 aromatic heterocycles. The van der Waals surface area contributed by atoms with Gasteiger partial charge in [0.15, 0.2) is 0 Å². The van der Waals surface area contributed by atoms with E-state index in [2.05, 4.69) is 17.1 Å². The molecule has 2 saturated heterocycles. The molecular weight excluding hydrogens is 232 g/mol. The van der Waals surface area contributed by atoms with Crippen LogP contribution in [0.25, 0.3) is 0 Å². The number of hydrogen-bond donors (Lipinski definition) is 3. The fourth-order valence-electron chi connectivity index (χ4n) is 3.04. The summed E-state index contributed by atoms with van der Waals surface area (Å²) >= 11 is 0. The van der Waals surface area contributed by atoms with Gasteiger partial charge < -0.3 is 20.3 Å². The average molecular weight is 258 g/mol. The largest absolute Gasteiger partial charge is 0.389 e. The van der Waals surface area contributed by atoms with E-state index in [0.717, 1.165) is 45.7 Å². The third kappa shape index (κ3) is 3.42. The van der Waals surface area contributed by atoms with E-state index in [-0.39, 0.29) is 5.41 Å². The van der Waals surface area contributed by atoms with Gasteiger partial charge in [0.1, 0.15) is 0 Å². The van der Waals surface area contributed by atoms with Crippen molar-refractivity contribution in [3.05, 3.63) is 0 Å². The first-order chi connectivity index (χ1) is 8.65. The Morgan fingerprint density at radius 2 is 1.83 bits per heavy atom. The first-order valence-electron chi connectivity index (χ1n) is 7.02. The molecule has 0 aromatic rings. The summed E-state index contributed by atoms with van der Waals surface area (Å²) in [5, 5.41) is 22.7. The van der Waals surface area contributed by atoms with Crippen LogP contribution in [0, 0.1) is 5.41 Å². The normalized spacial score (nSPS) is 32.8. The van der Waals surface area contributed by atoms with E-state index >= 15 is 0 Å². The Labute approximate surface area is 109 Å². The molecule has 0 bridgehead atoms. The lowest BCUT2D eigenvalue weighted by molar-refractivity contribution is -0.00253. The highest BCUT2D eigenvalue weighted by atomic mass is 16.5. The quantitative estimate of drug-likeness (QED) is 0.616. The van der Waals surface area contributed by atoms with Gasteiger partial charge in [0.25, 0.3) is 0 Å². The Hall–Kier alpha value is -0.200. The predicted molar refractivity (Wildman–Crippen MR) is 69.5 cm³/mol. The number of rotatable bonds is 5. The molecule has 2 atom stereocenters. The van der Waals surface area contributed by atoms with Crippen LogP contribution in [-0.4, -0.2) is 73.3 Å². The van der Waals surface area contributed by atoms with Gasteiger partial charge in [-0.05, 0) is 24.8 Å². The number of aliphatic hydroxyl groups excluding tert-OH is 2. The summed E-state index contributed by atoms with van der Waals surface area (Å²) in [7, 11) is 0. The van der Waals surface area contributed by atoms with E-state index < -0.39 is 12.2 Å². The van der Waals surface area contributed by atoms with Crippen molar-refractivity contribution >= 4 is 0 Å². The van der Waals surface area contributed by atoms with Crippen molar-refractivity contribution in [2.24, 2.45) is 5.41 Å². The highest BCUT2D eigenvalue weighted by Gasteiger charge is 2.38. The molecule has 0 radical (unpaired) electrons. The molecule has 2 aliphatic heterocycles. The number of ether oxygens (including phenoxy) is 1. The molecule has 2 rings (SSSR count). The maximum atomic E-state index is 9.63. The van der Waals surface area contributed by atoms with Crippen LogP contribution in [0.1, 0.15) is 19.8 Å². The summed E-state index contributed by atoms with van der Waals surface area (Å²) in [6.07, 6.45) is 0.952. The van der Waals surface area contributed by atoms with Crippen molar-refractivity contribution in [3.63, 3.8) is 0 Å². The lowest BCUT2D eigenvalue weighted by atomic mass is 9.79. The molecule has 0 aromatic carbocycles. The van der Waals surface area contributed by atoms with E-state index in [1.54, 1.807) is 0 Å². The molecule has 0 saturated carbocycles. The number of nitrogens with one attached hydrogen (secondary N) is 1. The zero-order chi connectivity index (χ0) is 13.0. The maximum absolute atomic E-state index is 9.63.